The molecule has 2 aromatic rings. The lowest BCUT2D eigenvalue weighted by atomic mass is 10.2. The van der Waals surface area contributed by atoms with Crippen molar-refractivity contribution in [2.45, 2.75) is 18.9 Å². The first kappa shape index (κ1) is 14.9. The Bertz CT molecular complexity index is 616. The van der Waals surface area contributed by atoms with Crippen LogP contribution in [0.2, 0.25) is 0 Å². The van der Waals surface area contributed by atoms with Gasteiger partial charge in [0.05, 0.1) is 12.6 Å². The van der Waals surface area contributed by atoms with Gasteiger partial charge in [-0.1, -0.05) is 5.16 Å². The average Bonchev–Trinajstić information content (AvgIpc) is 3.16. The zero-order valence-electron chi connectivity index (χ0n) is 12.9. The summed E-state index contributed by atoms with van der Waals surface area (Å²) in [5.41, 5.74) is 0.644. The maximum Gasteiger partial charge on any atom is 0.244 e. The van der Waals surface area contributed by atoms with E-state index >= 15 is 0 Å². The molecule has 1 aliphatic heterocycles. The Morgan fingerprint density at radius 2 is 2.32 bits per heavy atom. The van der Waals surface area contributed by atoms with Crippen molar-refractivity contribution < 1.29 is 14.0 Å². The number of aromatic nitrogens is 3. The third kappa shape index (κ3) is 3.26. The molecule has 0 bridgehead atoms. The van der Waals surface area contributed by atoms with Crippen molar-refractivity contribution in [2.24, 2.45) is 0 Å². The van der Waals surface area contributed by atoms with Gasteiger partial charge in [-0.15, -0.1) is 0 Å². The molecule has 2 aromatic heterocycles. The summed E-state index contributed by atoms with van der Waals surface area (Å²) in [6.45, 7) is 2.09. The fourth-order valence-corrected chi connectivity index (χ4v) is 2.56. The quantitative estimate of drug-likeness (QED) is 0.755. The topological polar surface area (TPSA) is 73.5 Å². The lowest BCUT2D eigenvalue weighted by molar-refractivity contribution is 0.146. The molecule has 0 saturated carbocycles. The van der Waals surface area contributed by atoms with Gasteiger partial charge in [0, 0.05) is 19.4 Å². The summed E-state index contributed by atoms with van der Waals surface area (Å²) in [6, 6.07) is 3.82. The van der Waals surface area contributed by atoms with Crippen LogP contribution < -0.4 is 4.74 Å². The van der Waals surface area contributed by atoms with Crippen molar-refractivity contribution in [3.05, 3.63) is 24.2 Å². The van der Waals surface area contributed by atoms with Gasteiger partial charge in [-0.25, -0.2) is 0 Å². The maximum absolute atomic E-state index is 5.57. The Labute approximate surface area is 129 Å². The third-order valence-electron chi connectivity index (χ3n) is 3.76. The largest absolute Gasteiger partial charge is 0.491 e. The van der Waals surface area contributed by atoms with E-state index in [1.54, 1.807) is 19.4 Å². The zero-order valence-corrected chi connectivity index (χ0v) is 12.9. The summed E-state index contributed by atoms with van der Waals surface area (Å²) in [6.07, 6.45) is 3.88. The number of nitrogens with zero attached hydrogens (tertiary/aromatic N) is 4. The summed E-state index contributed by atoms with van der Waals surface area (Å²) in [4.78, 5) is 11.0. The molecule has 7 nitrogen and oxygen atoms in total. The minimum absolute atomic E-state index is 0.211. The SMILES string of the molecule is COCCOc1ccnc(-c2noc([C@@H]3CCCN3C)n2)c1. The molecule has 0 aromatic carbocycles. The minimum atomic E-state index is 0.211. The second-order valence-corrected chi connectivity index (χ2v) is 5.31. The maximum atomic E-state index is 5.57. The Morgan fingerprint density at radius 3 is 3.09 bits per heavy atom. The number of hydrogen-bond donors (Lipinski definition) is 0. The second-order valence-electron chi connectivity index (χ2n) is 5.31. The number of ether oxygens (including phenoxy) is 2. The van der Waals surface area contributed by atoms with Gasteiger partial charge >= 0.3 is 0 Å². The molecule has 1 atom stereocenters. The Balaban J connectivity index is 1.74. The van der Waals surface area contributed by atoms with Crippen molar-refractivity contribution in [1.82, 2.24) is 20.0 Å². The lowest BCUT2D eigenvalue weighted by Gasteiger charge is -2.14. The fraction of sp³-hybridized carbons (Fsp3) is 0.533. The van der Waals surface area contributed by atoms with Crippen LogP contribution >= 0.6 is 0 Å². The molecule has 118 valence electrons. The fourth-order valence-electron chi connectivity index (χ4n) is 2.56. The molecule has 0 amide bonds. The molecule has 7 heteroatoms. The summed E-state index contributed by atoms with van der Waals surface area (Å²) in [5.74, 6) is 1.86. The highest BCUT2D eigenvalue weighted by atomic mass is 16.5. The van der Waals surface area contributed by atoms with E-state index in [9.17, 15) is 0 Å². The van der Waals surface area contributed by atoms with Crippen molar-refractivity contribution >= 4 is 0 Å². The van der Waals surface area contributed by atoms with Crippen LogP contribution in [0.25, 0.3) is 11.5 Å². The highest BCUT2D eigenvalue weighted by Gasteiger charge is 2.28. The van der Waals surface area contributed by atoms with E-state index in [1.807, 2.05) is 6.07 Å². The first-order valence-corrected chi connectivity index (χ1v) is 7.40. The van der Waals surface area contributed by atoms with E-state index in [4.69, 9.17) is 14.0 Å². The molecule has 1 fully saturated rings. The van der Waals surface area contributed by atoms with E-state index in [0.29, 0.717) is 36.4 Å². The summed E-state index contributed by atoms with van der Waals surface area (Å²) in [7, 11) is 3.71. The Kier molecular flexibility index (Phi) is 4.65. The predicted octanol–water partition coefficient (Wildman–Crippen LogP) is 1.92. The van der Waals surface area contributed by atoms with Gasteiger partial charge in [0.25, 0.3) is 0 Å². The molecule has 0 radical (unpaired) electrons. The predicted molar refractivity (Wildman–Crippen MR) is 79.5 cm³/mol. The number of rotatable bonds is 6. The van der Waals surface area contributed by atoms with Gasteiger partial charge in [0.2, 0.25) is 11.7 Å². The van der Waals surface area contributed by atoms with E-state index in [0.717, 1.165) is 19.4 Å². The minimum Gasteiger partial charge on any atom is -0.491 e. The smallest absolute Gasteiger partial charge is 0.244 e. The highest BCUT2D eigenvalue weighted by Crippen LogP contribution is 2.30. The molecule has 1 saturated heterocycles. The van der Waals surface area contributed by atoms with Crippen molar-refractivity contribution in [3.63, 3.8) is 0 Å². The number of hydrogen-bond acceptors (Lipinski definition) is 7. The molecule has 22 heavy (non-hydrogen) atoms. The van der Waals surface area contributed by atoms with Crippen LogP contribution in [0.1, 0.15) is 24.8 Å². The van der Waals surface area contributed by atoms with Crippen LogP contribution in [0.4, 0.5) is 0 Å². The van der Waals surface area contributed by atoms with Crippen LogP contribution in [-0.4, -0.2) is 53.9 Å². The van der Waals surface area contributed by atoms with Gasteiger partial charge < -0.3 is 14.0 Å². The van der Waals surface area contributed by atoms with Crippen LogP contribution in [0, 0.1) is 0 Å². The second kappa shape index (κ2) is 6.85. The first-order valence-electron chi connectivity index (χ1n) is 7.40. The van der Waals surface area contributed by atoms with Crippen molar-refractivity contribution in [3.8, 4) is 17.3 Å². The van der Waals surface area contributed by atoms with Gasteiger partial charge in [0.15, 0.2) is 0 Å². The molecular weight excluding hydrogens is 284 g/mol. The zero-order chi connectivity index (χ0) is 15.4. The van der Waals surface area contributed by atoms with Crippen molar-refractivity contribution in [1.29, 1.82) is 0 Å². The van der Waals surface area contributed by atoms with Crippen LogP contribution in [0.3, 0.4) is 0 Å². The van der Waals surface area contributed by atoms with Crippen molar-refractivity contribution in [2.75, 3.05) is 33.9 Å². The van der Waals surface area contributed by atoms with Crippen LogP contribution in [0.15, 0.2) is 22.9 Å². The highest BCUT2D eigenvalue weighted by molar-refractivity contribution is 5.50. The van der Waals surface area contributed by atoms with Gasteiger partial charge in [-0.3, -0.25) is 9.88 Å². The van der Waals surface area contributed by atoms with E-state index in [-0.39, 0.29) is 6.04 Å². The molecule has 0 aliphatic carbocycles. The molecule has 3 heterocycles. The third-order valence-corrected chi connectivity index (χ3v) is 3.76. The van der Waals surface area contributed by atoms with Crippen LogP contribution in [0.5, 0.6) is 5.75 Å². The molecule has 3 rings (SSSR count). The normalized spacial score (nSPS) is 18.7. The van der Waals surface area contributed by atoms with E-state index in [1.165, 1.54) is 0 Å². The van der Waals surface area contributed by atoms with Gasteiger partial charge in [0.1, 0.15) is 18.1 Å². The number of likely N-dealkylation sites (tertiary alicyclic amines) is 1. The molecular formula is C15H20N4O3. The molecule has 1 aliphatic rings. The molecule has 0 N–H and O–H groups in total. The van der Waals surface area contributed by atoms with Gasteiger partial charge in [-0.05, 0) is 32.5 Å². The van der Waals surface area contributed by atoms with Gasteiger partial charge in [-0.2, -0.15) is 4.98 Å². The Hall–Kier alpha value is -1.99. The first-order chi connectivity index (χ1) is 10.8. The van der Waals surface area contributed by atoms with E-state index in [2.05, 4.69) is 27.1 Å². The number of methoxy groups -OCH3 is 1. The lowest BCUT2D eigenvalue weighted by Crippen LogP contribution is -2.17. The summed E-state index contributed by atoms with van der Waals surface area (Å²) >= 11 is 0. The Morgan fingerprint density at radius 1 is 1.41 bits per heavy atom. The number of pyridine rings is 1. The van der Waals surface area contributed by atoms with E-state index < -0.39 is 0 Å². The summed E-state index contributed by atoms with van der Waals surface area (Å²) < 4.78 is 15.9. The standard InChI is InChI=1S/C15H20N4O3/c1-19-7-3-4-13(19)15-17-14(18-22-15)12-10-11(5-6-16-12)21-9-8-20-2/h5-6,10,13H,3-4,7-9H2,1-2H3/t13-/m0/s1. The van der Waals surface area contributed by atoms with Crippen LogP contribution in [-0.2, 0) is 4.74 Å². The summed E-state index contributed by atoms with van der Waals surface area (Å²) in [5, 5.41) is 4.05. The average molecular weight is 304 g/mol. The monoisotopic (exact) mass is 304 g/mol. The molecule has 0 spiro atoms. The molecule has 0 unspecified atom stereocenters.